The van der Waals surface area contributed by atoms with E-state index in [2.05, 4.69) is 137 Å². The summed E-state index contributed by atoms with van der Waals surface area (Å²) in [4.78, 5) is 0. The maximum atomic E-state index is 2.54. The highest BCUT2D eigenvalue weighted by atomic mass is 14.4. The number of rotatable bonds is 0. The lowest BCUT2D eigenvalue weighted by atomic mass is 9.79. The molecule has 0 N–H and O–H groups in total. The zero-order valence-corrected chi connectivity index (χ0v) is 23.4. The number of hydrogen-bond acceptors (Lipinski definition) is 0. The lowest BCUT2D eigenvalue weighted by Crippen LogP contribution is -2.17. The second-order valence-corrected chi connectivity index (χ2v) is 13.0. The van der Waals surface area contributed by atoms with Crippen LogP contribution in [0, 0.1) is 0 Å². The van der Waals surface area contributed by atoms with Crippen molar-refractivity contribution in [3.63, 3.8) is 0 Å². The van der Waals surface area contributed by atoms with Crippen molar-refractivity contribution in [3.05, 3.63) is 131 Å². The van der Waals surface area contributed by atoms with E-state index >= 15 is 0 Å². The zero-order valence-electron chi connectivity index (χ0n) is 23.4. The largest absolute Gasteiger partial charge is 0.0616 e. The molecule has 0 unspecified atom stereocenters. The molecule has 0 saturated carbocycles. The van der Waals surface area contributed by atoms with Gasteiger partial charge in [-0.25, -0.2) is 0 Å². The van der Waals surface area contributed by atoms with Gasteiger partial charge in [-0.1, -0.05) is 113 Å². The van der Waals surface area contributed by atoms with Crippen molar-refractivity contribution >= 4 is 43.1 Å². The number of hydrogen-bond donors (Lipinski definition) is 0. The Balaban J connectivity index is 1.33. The van der Waals surface area contributed by atoms with E-state index < -0.39 is 0 Å². The Kier molecular flexibility index (Phi) is 4.03. The van der Waals surface area contributed by atoms with E-state index in [0.29, 0.717) is 0 Å². The minimum absolute atomic E-state index is 0.0370. The third kappa shape index (κ3) is 2.62. The number of fused-ring (bicyclic) bond motifs is 13. The molecule has 0 saturated heterocycles. The van der Waals surface area contributed by atoms with E-state index in [1.165, 1.54) is 87.6 Å². The summed E-state index contributed by atoms with van der Waals surface area (Å²) in [6.45, 7) is 9.63. The lowest BCUT2D eigenvalue weighted by molar-refractivity contribution is 0.652. The highest BCUT2D eigenvalue weighted by molar-refractivity contribution is 6.18. The first-order valence-electron chi connectivity index (χ1n) is 14.4. The molecule has 2 aliphatic rings. The molecule has 0 fully saturated rings. The van der Waals surface area contributed by atoms with Gasteiger partial charge in [0.25, 0.3) is 0 Å². The summed E-state index contributed by atoms with van der Waals surface area (Å²) >= 11 is 0. The fourth-order valence-electron chi connectivity index (χ4n) is 8.05. The van der Waals surface area contributed by atoms with Crippen molar-refractivity contribution in [1.82, 2.24) is 0 Å². The fraction of sp³-hybridized carbons (Fsp3) is 0.150. The summed E-state index contributed by atoms with van der Waals surface area (Å²) < 4.78 is 0. The van der Waals surface area contributed by atoms with Gasteiger partial charge in [-0.2, -0.15) is 0 Å². The topological polar surface area (TPSA) is 0 Å². The van der Waals surface area contributed by atoms with Crippen LogP contribution in [-0.4, -0.2) is 0 Å². The van der Waals surface area contributed by atoms with Gasteiger partial charge in [-0.3, -0.25) is 0 Å². The van der Waals surface area contributed by atoms with Crippen molar-refractivity contribution in [2.75, 3.05) is 0 Å². The van der Waals surface area contributed by atoms with Gasteiger partial charge in [0.15, 0.2) is 0 Å². The molecule has 2 aliphatic carbocycles. The summed E-state index contributed by atoms with van der Waals surface area (Å²) in [6.07, 6.45) is 0. The predicted octanol–water partition coefficient (Wildman–Crippen LogP) is 10.9. The lowest BCUT2D eigenvalue weighted by Gasteiger charge is -2.24. The molecule has 7 aromatic rings. The van der Waals surface area contributed by atoms with Crippen LogP contribution in [0.15, 0.2) is 109 Å². The van der Waals surface area contributed by atoms with Gasteiger partial charge in [0, 0.05) is 10.8 Å². The molecule has 0 atom stereocenters. The zero-order chi connectivity index (χ0) is 27.0. The maximum Gasteiger partial charge on any atom is 0.0159 e. The van der Waals surface area contributed by atoms with E-state index in [0.717, 1.165) is 0 Å². The Hall–Kier alpha value is -4.42. The summed E-state index contributed by atoms with van der Waals surface area (Å²) in [5.41, 5.74) is 11.3. The Morgan fingerprint density at radius 1 is 0.350 bits per heavy atom. The third-order valence-corrected chi connectivity index (χ3v) is 10.2. The highest BCUT2D eigenvalue weighted by Gasteiger charge is 2.42. The van der Waals surface area contributed by atoms with Crippen LogP contribution in [0.4, 0.5) is 0 Å². The average Bonchev–Trinajstić information content (AvgIpc) is 3.33. The summed E-state index contributed by atoms with van der Waals surface area (Å²) in [6, 6.07) is 41.6. The molecule has 0 bridgehead atoms. The second-order valence-electron chi connectivity index (χ2n) is 13.0. The molecule has 190 valence electrons. The van der Waals surface area contributed by atoms with Crippen LogP contribution in [0.3, 0.4) is 0 Å². The van der Waals surface area contributed by atoms with Crippen molar-refractivity contribution in [1.29, 1.82) is 0 Å². The molecule has 0 amide bonds. The minimum atomic E-state index is -0.0790. The van der Waals surface area contributed by atoms with Crippen LogP contribution in [0.25, 0.3) is 65.3 Å². The van der Waals surface area contributed by atoms with Gasteiger partial charge >= 0.3 is 0 Å². The van der Waals surface area contributed by atoms with Crippen molar-refractivity contribution in [2.45, 2.75) is 38.5 Å². The van der Waals surface area contributed by atoms with Gasteiger partial charge in [-0.15, -0.1) is 0 Å². The quantitative estimate of drug-likeness (QED) is 0.178. The van der Waals surface area contributed by atoms with Crippen LogP contribution >= 0.6 is 0 Å². The molecule has 0 nitrogen and oxygen atoms in total. The van der Waals surface area contributed by atoms with E-state index in [9.17, 15) is 0 Å². The second kappa shape index (κ2) is 7.20. The Labute approximate surface area is 234 Å². The van der Waals surface area contributed by atoms with E-state index in [-0.39, 0.29) is 10.8 Å². The van der Waals surface area contributed by atoms with Gasteiger partial charge in [0.1, 0.15) is 0 Å². The van der Waals surface area contributed by atoms with Crippen molar-refractivity contribution < 1.29 is 0 Å². The van der Waals surface area contributed by atoms with Crippen molar-refractivity contribution in [2.24, 2.45) is 0 Å². The van der Waals surface area contributed by atoms with E-state index in [4.69, 9.17) is 0 Å². The normalized spacial score (nSPS) is 15.9. The molecule has 7 aromatic carbocycles. The molecule has 40 heavy (non-hydrogen) atoms. The van der Waals surface area contributed by atoms with Gasteiger partial charge in [0.2, 0.25) is 0 Å². The van der Waals surface area contributed by atoms with Crippen LogP contribution in [0.1, 0.15) is 49.9 Å². The first kappa shape index (κ1) is 22.4. The first-order valence-corrected chi connectivity index (χ1v) is 14.4. The number of benzene rings is 7. The first-order chi connectivity index (χ1) is 19.3. The summed E-state index contributed by atoms with van der Waals surface area (Å²) in [5.74, 6) is 0. The van der Waals surface area contributed by atoms with Gasteiger partial charge in [-0.05, 0) is 112 Å². The molecule has 0 radical (unpaired) electrons. The molecule has 0 heteroatoms. The average molecular weight is 511 g/mol. The Morgan fingerprint density at radius 3 is 1.68 bits per heavy atom. The summed E-state index contributed by atoms with van der Waals surface area (Å²) in [5, 5.41) is 10.7. The van der Waals surface area contributed by atoms with E-state index in [1.54, 1.807) is 0 Å². The van der Waals surface area contributed by atoms with Crippen molar-refractivity contribution in [3.8, 4) is 22.3 Å². The Morgan fingerprint density at radius 2 is 0.875 bits per heavy atom. The predicted molar refractivity (Wildman–Crippen MR) is 172 cm³/mol. The molecule has 9 rings (SSSR count). The molecular weight excluding hydrogens is 480 g/mol. The smallest absolute Gasteiger partial charge is 0.0159 e. The standard InChI is InChI=1S/C40H30/c1-39(2)34-18-15-24-10-6-8-12-27(24)38(34)33-22-36-32(21-37(33)39)31-19-25-14-17-28-26-11-7-5-9-23(26)13-16-29(28)30(25)20-35(31)40(36,3)4/h5-22H,1-4H3. The van der Waals surface area contributed by atoms with Crippen LogP contribution < -0.4 is 0 Å². The molecule has 0 spiro atoms. The van der Waals surface area contributed by atoms with Crippen LogP contribution in [-0.2, 0) is 10.8 Å². The monoisotopic (exact) mass is 510 g/mol. The van der Waals surface area contributed by atoms with E-state index in [1.807, 2.05) is 0 Å². The van der Waals surface area contributed by atoms with Crippen LogP contribution in [0.2, 0.25) is 0 Å². The Bertz CT molecular complexity index is 2260. The van der Waals surface area contributed by atoms with Crippen LogP contribution in [0.5, 0.6) is 0 Å². The third-order valence-electron chi connectivity index (χ3n) is 10.2. The molecule has 0 aromatic heterocycles. The summed E-state index contributed by atoms with van der Waals surface area (Å²) in [7, 11) is 0. The SMILES string of the molecule is CC1(C)c2cc3c(cc2-c2cc4ccc5c6ccccc6ccc5c4cc21)C(C)(C)c1ccc2ccccc2c1-3. The van der Waals surface area contributed by atoms with Gasteiger partial charge in [0.05, 0.1) is 0 Å². The fourth-order valence-corrected chi connectivity index (χ4v) is 8.05. The molecule has 0 aliphatic heterocycles. The van der Waals surface area contributed by atoms with Gasteiger partial charge < -0.3 is 0 Å². The molecule has 0 heterocycles. The maximum absolute atomic E-state index is 2.54. The minimum Gasteiger partial charge on any atom is -0.0616 e. The molecular formula is C40H30. The highest BCUT2D eigenvalue weighted by Crippen LogP contribution is 2.57.